The number of sulfonamides is 1. The number of methoxy groups -OCH3 is 1. The normalized spacial score (nSPS) is 24.3. The first-order valence-electron chi connectivity index (χ1n) is 7.27. The lowest BCUT2D eigenvalue weighted by Crippen LogP contribution is -2.51. The molecule has 2 amide bonds. The molecule has 21 heavy (non-hydrogen) atoms. The number of carbonyl (C=O) groups is 2. The van der Waals surface area contributed by atoms with Gasteiger partial charge in [-0.3, -0.25) is 4.79 Å². The number of rotatable bonds is 4. The molecule has 2 fully saturated rings. The molecule has 1 aliphatic carbocycles. The largest absolute Gasteiger partial charge is 0.469 e. The van der Waals surface area contributed by atoms with Crippen LogP contribution in [0.1, 0.15) is 39.0 Å². The van der Waals surface area contributed by atoms with E-state index in [2.05, 4.69) is 4.72 Å². The molecular formula is C13H22N2O5S. The fourth-order valence-electron chi connectivity index (χ4n) is 2.85. The molecule has 2 atom stereocenters. The second-order valence-corrected chi connectivity index (χ2v) is 7.68. The van der Waals surface area contributed by atoms with Gasteiger partial charge in [0.25, 0.3) is 0 Å². The zero-order chi connectivity index (χ0) is 15.6. The molecular weight excluding hydrogens is 296 g/mol. The highest BCUT2D eigenvalue weighted by Crippen LogP contribution is 2.27. The standard InChI is InChI=1S/C13H22N2O5S/c1-9(12(16)20-2)11-7-4-8-15(11)13(17)14-21(18,19)10-5-3-6-10/h9-11H,3-8H2,1-2H3,(H,14,17). The van der Waals surface area contributed by atoms with Gasteiger partial charge in [0.1, 0.15) is 0 Å². The Morgan fingerprint density at radius 1 is 1.24 bits per heavy atom. The number of esters is 1. The lowest BCUT2D eigenvalue weighted by molar-refractivity contribution is -0.146. The van der Waals surface area contributed by atoms with Crippen LogP contribution in [0, 0.1) is 5.92 Å². The Labute approximate surface area is 125 Å². The van der Waals surface area contributed by atoms with Gasteiger partial charge in [-0.05, 0) is 32.6 Å². The van der Waals surface area contributed by atoms with Crippen molar-refractivity contribution in [2.24, 2.45) is 5.92 Å². The van der Waals surface area contributed by atoms with E-state index in [0.29, 0.717) is 25.8 Å². The van der Waals surface area contributed by atoms with E-state index in [4.69, 9.17) is 4.74 Å². The van der Waals surface area contributed by atoms with Gasteiger partial charge in [-0.25, -0.2) is 17.9 Å². The van der Waals surface area contributed by atoms with Crippen LogP contribution in [0.25, 0.3) is 0 Å². The highest BCUT2D eigenvalue weighted by atomic mass is 32.2. The number of ether oxygens (including phenoxy) is 1. The topological polar surface area (TPSA) is 92.8 Å². The summed E-state index contributed by atoms with van der Waals surface area (Å²) in [7, 11) is -2.29. The Morgan fingerprint density at radius 2 is 1.90 bits per heavy atom. The molecule has 2 rings (SSSR count). The second kappa shape index (κ2) is 6.21. The first-order valence-corrected chi connectivity index (χ1v) is 8.81. The fraction of sp³-hybridized carbons (Fsp3) is 0.846. The molecule has 8 heteroatoms. The van der Waals surface area contributed by atoms with Crippen LogP contribution < -0.4 is 4.72 Å². The summed E-state index contributed by atoms with van der Waals surface area (Å²) in [6.07, 6.45) is 3.51. The van der Waals surface area contributed by atoms with Crippen molar-refractivity contribution in [3.8, 4) is 0 Å². The predicted molar refractivity (Wildman–Crippen MR) is 76.0 cm³/mol. The molecule has 0 bridgehead atoms. The van der Waals surface area contributed by atoms with Crippen LogP contribution in [0.3, 0.4) is 0 Å². The molecule has 0 aromatic rings. The van der Waals surface area contributed by atoms with Gasteiger partial charge in [-0.2, -0.15) is 0 Å². The van der Waals surface area contributed by atoms with Crippen molar-refractivity contribution in [3.05, 3.63) is 0 Å². The van der Waals surface area contributed by atoms with Gasteiger partial charge in [0, 0.05) is 12.6 Å². The highest BCUT2D eigenvalue weighted by Gasteiger charge is 2.39. The Hall–Kier alpha value is -1.31. The summed E-state index contributed by atoms with van der Waals surface area (Å²) < 4.78 is 30.8. The van der Waals surface area contributed by atoms with Gasteiger partial charge in [-0.1, -0.05) is 6.42 Å². The van der Waals surface area contributed by atoms with Crippen LogP contribution in [0.5, 0.6) is 0 Å². The molecule has 1 saturated carbocycles. The molecule has 2 aliphatic rings. The third kappa shape index (κ3) is 3.30. The Bertz CT molecular complexity index is 515. The van der Waals surface area contributed by atoms with Crippen LogP contribution in [0.2, 0.25) is 0 Å². The van der Waals surface area contributed by atoms with Crippen molar-refractivity contribution in [1.29, 1.82) is 0 Å². The molecule has 0 spiro atoms. The Kier molecular flexibility index (Phi) is 4.75. The summed E-state index contributed by atoms with van der Waals surface area (Å²) >= 11 is 0. The molecule has 1 aliphatic heterocycles. The van der Waals surface area contributed by atoms with Crippen LogP contribution in [0.15, 0.2) is 0 Å². The van der Waals surface area contributed by atoms with Gasteiger partial charge in [0.05, 0.1) is 18.3 Å². The molecule has 2 unspecified atom stereocenters. The van der Waals surface area contributed by atoms with E-state index in [-0.39, 0.29) is 12.0 Å². The van der Waals surface area contributed by atoms with Crippen molar-refractivity contribution in [2.45, 2.75) is 50.3 Å². The summed E-state index contributed by atoms with van der Waals surface area (Å²) in [5, 5.41) is -0.458. The van der Waals surface area contributed by atoms with Gasteiger partial charge >= 0.3 is 12.0 Å². The molecule has 0 aromatic carbocycles. The Morgan fingerprint density at radius 3 is 2.43 bits per heavy atom. The van der Waals surface area contributed by atoms with Crippen molar-refractivity contribution in [3.63, 3.8) is 0 Å². The minimum atomic E-state index is -3.59. The number of hydrogen-bond donors (Lipinski definition) is 1. The maximum atomic E-state index is 12.2. The second-order valence-electron chi connectivity index (χ2n) is 5.72. The molecule has 0 radical (unpaired) electrons. The summed E-state index contributed by atoms with van der Waals surface area (Å²) in [6.45, 7) is 2.15. The third-order valence-corrected chi connectivity index (χ3v) is 6.24. The molecule has 1 saturated heterocycles. The van der Waals surface area contributed by atoms with Crippen molar-refractivity contribution >= 4 is 22.0 Å². The van der Waals surface area contributed by atoms with E-state index in [1.54, 1.807) is 6.92 Å². The maximum Gasteiger partial charge on any atom is 0.331 e. The zero-order valence-corrected chi connectivity index (χ0v) is 13.2. The van der Waals surface area contributed by atoms with Gasteiger partial charge in [-0.15, -0.1) is 0 Å². The predicted octanol–water partition coefficient (Wildman–Crippen LogP) is 0.852. The monoisotopic (exact) mass is 318 g/mol. The van der Waals surface area contributed by atoms with Crippen LogP contribution in [0.4, 0.5) is 4.79 Å². The summed E-state index contributed by atoms with van der Waals surface area (Å²) in [5.41, 5.74) is 0. The number of amides is 2. The molecule has 7 nitrogen and oxygen atoms in total. The van der Waals surface area contributed by atoms with Crippen LogP contribution in [-0.2, 0) is 19.6 Å². The minimum absolute atomic E-state index is 0.311. The van der Waals surface area contributed by atoms with Crippen LogP contribution in [-0.4, -0.2) is 50.3 Å². The van der Waals surface area contributed by atoms with E-state index in [0.717, 1.165) is 12.8 Å². The van der Waals surface area contributed by atoms with Crippen LogP contribution >= 0.6 is 0 Å². The number of likely N-dealkylation sites (tertiary alicyclic amines) is 1. The smallest absolute Gasteiger partial charge is 0.331 e. The SMILES string of the molecule is COC(=O)C(C)C1CCCN1C(=O)NS(=O)(=O)C1CCC1. The lowest BCUT2D eigenvalue weighted by atomic mass is 10.00. The fourth-order valence-corrected chi connectivity index (χ4v) is 4.33. The molecule has 0 aromatic heterocycles. The number of hydrogen-bond acceptors (Lipinski definition) is 5. The number of urea groups is 1. The van der Waals surface area contributed by atoms with E-state index >= 15 is 0 Å². The first kappa shape index (κ1) is 16.1. The summed E-state index contributed by atoms with van der Waals surface area (Å²) in [5.74, 6) is -0.851. The number of nitrogens with zero attached hydrogens (tertiary/aromatic N) is 1. The third-order valence-electron chi connectivity index (χ3n) is 4.43. The number of nitrogens with one attached hydrogen (secondary N) is 1. The van der Waals surface area contributed by atoms with Crippen molar-refractivity contribution in [1.82, 2.24) is 9.62 Å². The van der Waals surface area contributed by atoms with Gasteiger partial charge < -0.3 is 9.64 Å². The average Bonchev–Trinajstić information content (AvgIpc) is 2.82. The summed E-state index contributed by atoms with van der Waals surface area (Å²) in [6, 6.07) is -0.936. The molecule has 1 heterocycles. The Balaban J connectivity index is 2.02. The van der Waals surface area contributed by atoms with Gasteiger partial charge in [0.2, 0.25) is 10.0 Å². The maximum absolute atomic E-state index is 12.2. The van der Waals surface area contributed by atoms with E-state index in [1.807, 2.05) is 0 Å². The minimum Gasteiger partial charge on any atom is -0.469 e. The lowest BCUT2D eigenvalue weighted by Gasteiger charge is -2.30. The van der Waals surface area contributed by atoms with Crippen molar-refractivity contribution < 1.29 is 22.7 Å². The molecule has 120 valence electrons. The highest BCUT2D eigenvalue weighted by molar-refractivity contribution is 7.90. The average molecular weight is 318 g/mol. The number of carbonyl (C=O) groups excluding carboxylic acids is 2. The van der Waals surface area contributed by atoms with E-state index in [1.165, 1.54) is 12.0 Å². The first-order chi connectivity index (χ1) is 9.86. The summed E-state index contributed by atoms with van der Waals surface area (Å²) in [4.78, 5) is 25.3. The quantitative estimate of drug-likeness (QED) is 0.776. The zero-order valence-electron chi connectivity index (χ0n) is 12.4. The van der Waals surface area contributed by atoms with E-state index in [9.17, 15) is 18.0 Å². The van der Waals surface area contributed by atoms with E-state index < -0.39 is 27.2 Å². The van der Waals surface area contributed by atoms with Gasteiger partial charge in [0.15, 0.2) is 0 Å². The van der Waals surface area contributed by atoms with Crippen molar-refractivity contribution in [2.75, 3.05) is 13.7 Å². The molecule has 1 N–H and O–H groups in total.